The molecule has 32 heavy (non-hydrogen) atoms. The number of aliphatic hydroxyl groups is 1. The highest BCUT2D eigenvalue weighted by Gasteiger charge is 2.44. The second-order valence-electron chi connectivity index (χ2n) is 7.22. The van der Waals surface area contributed by atoms with Gasteiger partial charge in [0.15, 0.2) is 5.76 Å². The van der Waals surface area contributed by atoms with Crippen LogP contribution in [0.3, 0.4) is 0 Å². The van der Waals surface area contributed by atoms with Gasteiger partial charge in [0.25, 0.3) is 5.91 Å². The maximum atomic E-state index is 13.3. The summed E-state index contributed by atoms with van der Waals surface area (Å²) in [6.45, 7) is 2.60. The molecule has 4 rings (SSSR count). The highest BCUT2D eigenvalue weighted by molar-refractivity contribution is 7.12. The number of carbonyl (C=O) groups excluding carboxylic acids is 2. The molecule has 1 N–H and O–H groups in total. The number of aliphatic hydroxyl groups excluding tert-OH is 1. The molecule has 0 saturated heterocycles. The van der Waals surface area contributed by atoms with Gasteiger partial charge >= 0.3 is 0 Å². The van der Waals surface area contributed by atoms with E-state index >= 15 is 0 Å². The first-order valence-electron chi connectivity index (χ1n) is 10.1. The lowest BCUT2D eigenvalue weighted by molar-refractivity contribution is -0.117. The molecular weight excluding hydrogens is 424 g/mol. The molecule has 3 aromatic rings. The molecule has 1 atom stereocenters. The minimum Gasteiger partial charge on any atom is -0.503 e. The third kappa shape index (κ3) is 3.88. The molecule has 0 aliphatic carbocycles. The van der Waals surface area contributed by atoms with Gasteiger partial charge in [-0.1, -0.05) is 25.1 Å². The van der Waals surface area contributed by atoms with Gasteiger partial charge < -0.3 is 9.84 Å². The van der Waals surface area contributed by atoms with Crippen molar-refractivity contribution in [1.29, 1.82) is 5.26 Å². The highest BCUT2D eigenvalue weighted by Crippen LogP contribution is 2.42. The lowest BCUT2D eigenvalue weighted by Gasteiger charge is -2.27. The van der Waals surface area contributed by atoms with E-state index in [-0.39, 0.29) is 5.57 Å². The molecule has 0 radical (unpaired) electrons. The molecule has 1 unspecified atom stereocenters. The van der Waals surface area contributed by atoms with Crippen LogP contribution >= 0.6 is 11.3 Å². The molecule has 2 heterocycles. The zero-order chi connectivity index (χ0) is 22.7. The van der Waals surface area contributed by atoms with Crippen molar-refractivity contribution in [2.45, 2.75) is 19.4 Å². The van der Waals surface area contributed by atoms with Crippen molar-refractivity contribution in [3.8, 4) is 11.8 Å². The van der Waals surface area contributed by atoms with Gasteiger partial charge in [-0.05, 0) is 59.8 Å². The second kappa shape index (κ2) is 9.08. The SMILES string of the molecule is CCCOc1ccc(C2C(C(=O)c3cccs3)=C(O)C(=O)N2c2ccc(C#N)cc2)cc1. The summed E-state index contributed by atoms with van der Waals surface area (Å²) in [6.07, 6.45) is 0.876. The summed E-state index contributed by atoms with van der Waals surface area (Å²) in [5.41, 5.74) is 1.62. The van der Waals surface area contributed by atoms with Crippen LogP contribution in [0.1, 0.15) is 40.2 Å². The molecule has 6 nitrogen and oxygen atoms in total. The molecule has 0 spiro atoms. The molecule has 0 bridgehead atoms. The van der Waals surface area contributed by atoms with E-state index in [1.807, 2.05) is 13.0 Å². The number of anilines is 1. The number of Topliss-reactive ketones (excluding diaryl/α,β-unsaturated/α-hetero) is 1. The van der Waals surface area contributed by atoms with Crippen molar-refractivity contribution in [3.05, 3.63) is 93.4 Å². The van der Waals surface area contributed by atoms with Gasteiger partial charge in [0.05, 0.1) is 34.7 Å². The molecule has 160 valence electrons. The lowest BCUT2D eigenvalue weighted by Crippen LogP contribution is -2.31. The van der Waals surface area contributed by atoms with Crippen LogP contribution in [0.4, 0.5) is 5.69 Å². The summed E-state index contributed by atoms with van der Waals surface area (Å²) in [4.78, 5) is 28.2. The van der Waals surface area contributed by atoms with Gasteiger partial charge in [-0.25, -0.2) is 0 Å². The van der Waals surface area contributed by atoms with Crippen LogP contribution in [0, 0.1) is 11.3 Å². The third-order valence-electron chi connectivity index (χ3n) is 5.14. The molecular formula is C25H20N2O4S. The molecule has 7 heteroatoms. The van der Waals surface area contributed by atoms with Gasteiger partial charge in [-0.15, -0.1) is 11.3 Å². The zero-order valence-corrected chi connectivity index (χ0v) is 18.1. The van der Waals surface area contributed by atoms with E-state index in [4.69, 9.17) is 10.00 Å². The molecule has 1 aliphatic rings. The van der Waals surface area contributed by atoms with Crippen molar-refractivity contribution < 1.29 is 19.4 Å². The Morgan fingerprint density at radius 2 is 1.88 bits per heavy atom. The van der Waals surface area contributed by atoms with E-state index in [0.29, 0.717) is 34.0 Å². The number of ether oxygens (including phenoxy) is 1. The van der Waals surface area contributed by atoms with Crippen LogP contribution in [0.25, 0.3) is 0 Å². The van der Waals surface area contributed by atoms with E-state index in [2.05, 4.69) is 0 Å². The standard InChI is InChI=1S/C25H20N2O4S/c1-2-13-31-19-11-7-17(8-12-19)22-21(23(28)20-4-3-14-32-20)24(29)25(30)27(22)18-9-5-16(15-26)6-10-18/h3-12,14,22,29H,2,13H2,1H3. The first-order valence-corrected chi connectivity index (χ1v) is 11.0. The summed E-state index contributed by atoms with van der Waals surface area (Å²) in [5.74, 6) is -0.933. The average Bonchev–Trinajstić information content (AvgIpc) is 3.45. The van der Waals surface area contributed by atoms with Crippen LogP contribution in [0.5, 0.6) is 5.75 Å². The maximum absolute atomic E-state index is 13.3. The van der Waals surface area contributed by atoms with Crippen LogP contribution in [-0.2, 0) is 4.79 Å². The highest BCUT2D eigenvalue weighted by atomic mass is 32.1. The zero-order valence-electron chi connectivity index (χ0n) is 17.3. The molecule has 2 aromatic carbocycles. The van der Waals surface area contributed by atoms with Crippen LogP contribution in [0.15, 0.2) is 77.4 Å². The summed E-state index contributed by atoms with van der Waals surface area (Å²) in [6, 6.07) is 18.3. The van der Waals surface area contributed by atoms with Crippen molar-refractivity contribution in [2.75, 3.05) is 11.5 Å². The number of hydrogen-bond acceptors (Lipinski definition) is 6. The quantitative estimate of drug-likeness (QED) is 0.506. The largest absolute Gasteiger partial charge is 0.503 e. The van der Waals surface area contributed by atoms with E-state index < -0.39 is 23.5 Å². The fourth-order valence-electron chi connectivity index (χ4n) is 3.62. The Hall–Kier alpha value is -3.89. The first kappa shape index (κ1) is 21.3. The molecule has 0 fully saturated rings. The number of amides is 1. The molecule has 1 aromatic heterocycles. The van der Waals surface area contributed by atoms with E-state index in [1.54, 1.807) is 66.0 Å². The smallest absolute Gasteiger partial charge is 0.294 e. The number of rotatable bonds is 7. The van der Waals surface area contributed by atoms with E-state index in [0.717, 1.165) is 6.42 Å². The van der Waals surface area contributed by atoms with Gasteiger partial charge in [-0.3, -0.25) is 14.5 Å². The number of benzene rings is 2. The maximum Gasteiger partial charge on any atom is 0.294 e. The van der Waals surface area contributed by atoms with Crippen LogP contribution < -0.4 is 9.64 Å². The molecule has 1 amide bonds. The van der Waals surface area contributed by atoms with Gasteiger partial charge in [0.2, 0.25) is 5.78 Å². The van der Waals surface area contributed by atoms with Crippen LogP contribution in [0.2, 0.25) is 0 Å². The minimum absolute atomic E-state index is 0.0315. The molecule has 1 aliphatic heterocycles. The fourth-order valence-corrected chi connectivity index (χ4v) is 4.30. The minimum atomic E-state index is -0.815. The summed E-state index contributed by atoms with van der Waals surface area (Å²) in [5, 5.41) is 21.6. The number of nitriles is 1. The van der Waals surface area contributed by atoms with Crippen molar-refractivity contribution >= 4 is 28.7 Å². The monoisotopic (exact) mass is 444 g/mol. The van der Waals surface area contributed by atoms with Crippen molar-refractivity contribution in [2.24, 2.45) is 0 Å². The number of ketones is 1. The molecule has 0 saturated carbocycles. The Morgan fingerprint density at radius 3 is 2.47 bits per heavy atom. The van der Waals surface area contributed by atoms with Crippen molar-refractivity contribution in [3.63, 3.8) is 0 Å². The van der Waals surface area contributed by atoms with Gasteiger partial charge in [0, 0.05) is 5.69 Å². The van der Waals surface area contributed by atoms with E-state index in [1.165, 1.54) is 16.2 Å². The number of hydrogen-bond donors (Lipinski definition) is 1. The summed E-state index contributed by atoms with van der Waals surface area (Å²) >= 11 is 1.25. The number of nitrogens with zero attached hydrogens (tertiary/aromatic N) is 2. The Morgan fingerprint density at radius 1 is 1.16 bits per heavy atom. The first-order chi connectivity index (χ1) is 15.5. The van der Waals surface area contributed by atoms with E-state index in [9.17, 15) is 14.7 Å². The Balaban J connectivity index is 1.80. The van der Waals surface area contributed by atoms with Crippen LogP contribution in [-0.4, -0.2) is 23.4 Å². The lowest BCUT2D eigenvalue weighted by atomic mass is 9.95. The Bertz CT molecular complexity index is 1210. The Kier molecular flexibility index (Phi) is 6.06. The van der Waals surface area contributed by atoms with Gasteiger partial charge in [-0.2, -0.15) is 5.26 Å². The second-order valence-corrected chi connectivity index (χ2v) is 8.17. The summed E-state index contributed by atoms with van der Waals surface area (Å²) < 4.78 is 5.65. The topological polar surface area (TPSA) is 90.6 Å². The number of thiophene rings is 1. The normalized spacial score (nSPS) is 15.7. The predicted octanol–water partition coefficient (Wildman–Crippen LogP) is 5.19. The average molecular weight is 445 g/mol. The van der Waals surface area contributed by atoms with Crippen molar-refractivity contribution in [1.82, 2.24) is 0 Å². The third-order valence-corrected chi connectivity index (χ3v) is 6.01. The predicted molar refractivity (Wildman–Crippen MR) is 122 cm³/mol. The van der Waals surface area contributed by atoms with Gasteiger partial charge in [0.1, 0.15) is 5.75 Å². The number of carbonyl (C=O) groups is 2. The summed E-state index contributed by atoms with van der Waals surface area (Å²) in [7, 11) is 0. The Labute approximate surface area is 189 Å². The fraction of sp³-hybridized carbons (Fsp3) is 0.160.